The molecule has 0 unspecified atom stereocenters. The highest BCUT2D eigenvalue weighted by molar-refractivity contribution is 9.47. The number of hydrogen-bond acceptors (Lipinski definition) is 0. The molecule has 0 bridgehead atoms. The third-order valence-electron chi connectivity index (χ3n) is 2.23. The molecule has 0 aromatic carbocycles. The van der Waals surface area contributed by atoms with E-state index in [1.54, 1.807) is 0 Å². The van der Waals surface area contributed by atoms with Gasteiger partial charge in [-0.25, -0.2) is 0 Å². The van der Waals surface area contributed by atoms with Crippen molar-refractivity contribution < 1.29 is 0 Å². The molecule has 0 spiro atoms. The van der Waals surface area contributed by atoms with Gasteiger partial charge in [-0.3, -0.25) is 25.8 Å². The largest absolute Gasteiger partial charge is 0.560 e. The zero-order valence-corrected chi connectivity index (χ0v) is 15.7. The Morgan fingerprint density at radius 3 is 1.94 bits per heavy atom. The third-order valence-corrected chi connectivity index (χ3v) is 2.23. The summed E-state index contributed by atoms with van der Waals surface area (Å²) in [6.45, 7) is 6.06. The standard InChI is InChI=1S/C14H25.2BrH.Mg/c1-3-5-7-9-11-13-14-12-10-8-6-4-2;;;/h10,12-14H,1,3-9,11H2,2H3;2*1H;/q;;;+2/p-2/b12-10-,14-13+;;;. The first kappa shape index (κ1) is 20.5. The van der Waals surface area contributed by atoms with Crippen LogP contribution < -0.4 is 0 Å². The molecular formula is C14H25Br2Mg. The molecule has 0 aliphatic rings. The maximum absolute atomic E-state index is 3.83. The highest BCUT2D eigenvalue weighted by Crippen LogP contribution is 2.02. The molecule has 0 aromatic heterocycles. The van der Waals surface area contributed by atoms with E-state index in [1.807, 2.05) is 0 Å². The van der Waals surface area contributed by atoms with Crippen LogP contribution in [0.1, 0.15) is 58.3 Å². The normalized spacial score (nSPS) is 10.4. The van der Waals surface area contributed by atoms with Gasteiger partial charge in [0.2, 0.25) is 0 Å². The maximum Gasteiger partial charge on any atom is 0.560 e. The first-order chi connectivity index (χ1) is 8.33. The minimum Gasteiger partial charge on any atom is -0.280 e. The molecule has 0 aliphatic carbocycles. The molecule has 0 fully saturated rings. The molecule has 3 heteroatoms. The average molecular weight is 377 g/mol. The fourth-order valence-corrected chi connectivity index (χ4v) is 1.29. The predicted octanol–water partition coefficient (Wildman–Crippen LogP) is 6.38. The molecule has 1 radical (unpaired) electrons. The first-order valence-electron chi connectivity index (χ1n) is 6.56. The number of halogens is 2. The summed E-state index contributed by atoms with van der Waals surface area (Å²) < 4.78 is 0. The zero-order chi connectivity index (χ0) is 13.2. The summed E-state index contributed by atoms with van der Waals surface area (Å²) in [6.07, 6.45) is 18.9. The van der Waals surface area contributed by atoms with Crippen molar-refractivity contribution >= 4 is 41.8 Å². The van der Waals surface area contributed by atoms with Gasteiger partial charge in [0, 0.05) is 0 Å². The Bertz CT molecular complexity index is 168. The highest BCUT2D eigenvalue weighted by Gasteiger charge is 1.83. The minimum absolute atomic E-state index is 0.0417. The van der Waals surface area contributed by atoms with Crippen LogP contribution in [0.3, 0.4) is 0 Å². The summed E-state index contributed by atoms with van der Waals surface area (Å²) in [5, 5.41) is 0. The van der Waals surface area contributed by atoms with Gasteiger partial charge < -0.3 is 0 Å². The predicted molar refractivity (Wildman–Crippen MR) is 89.9 cm³/mol. The molecule has 0 atom stereocenters. The van der Waals surface area contributed by atoms with E-state index in [0.717, 1.165) is 6.42 Å². The fourth-order valence-electron chi connectivity index (χ4n) is 1.29. The topological polar surface area (TPSA) is 0 Å². The lowest BCUT2D eigenvalue weighted by molar-refractivity contribution is 0.695. The van der Waals surface area contributed by atoms with Crippen LogP contribution in [-0.4, -0.2) is 16.0 Å². The monoisotopic (exact) mass is 375 g/mol. The van der Waals surface area contributed by atoms with Gasteiger partial charge in [-0.05, 0) is 19.3 Å². The van der Waals surface area contributed by atoms with Crippen LogP contribution in [-0.2, 0) is 0 Å². The summed E-state index contributed by atoms with van der Waals surface area (Å²) in [7, 11) is 0. The van der Waals surface area contributed by atoms with Crippen molar-refractivity contribution in [1.82, 2.24) is 0 Å². The van der Waals surface area contributed by atoms with E-state index < -0.39 is 0 Å². The quantitative estimate of drug-likeness (QED) is 0.248. The summed E-state index contributed by atoms with van der Waals surface area (Å²) >= 11 is 6.44. The SMILES string of the molecule is [Br][Mg][Br].[CH2]CCCCC/C=C/C=C\CCCC. The molecule has 97 valence electrons. The van der Waals surface area contributed by atoms with Crippen molar-refractivity contribution in [2.45, 2.75) is 58.3 Å². The van der Waals surface area contributed by atoms with Crippen molar-refractivity contribution in [2.75, 3.05) is 0 Å². The van der Waals surface area contributed by atoms with E-state index >= 15 is 0 Å². The summed E-state index contributed by atoms with van der Waals surface area (Å²) in [5.74, 6) is 0. The smallest absolute Gasteiger partial charge is 0.280 e. The van der Waals surface area contributed by atoms with Gasteiger partial charge in [0.05, 0.1) is 0 Å². The van der Waals surface area contributed by atoms with E-state index in [2.05, 4.69) is 63.9 Å². The zero-order valence-electron chi connectivity index (χ0n) is 11.1. The van der Waals surface area contributed by atoms with Crippen molar-refractivity contribution in [3.8, 4) is 0 Å². The van der Waals surface area contributed by atoms with Crippen LogP contribution in [0.25, 0.3) is 0 Å². The van der Waals surface area contributed by atoms with Crippen LogP contribution in [0.2, 0.25) is 0 Å². The second-order valence-electron chi connectivity index (χ2n) is 3.80. The van der Waals surface area contributed by atoms with Crippen LogP contribution in [0, 0.1) is 6.92 Å². The van der Waals surface area contributed by atoms with Gasteiger partial charge in [0.1, 0.15) is 0 Å². The van der Waals surface area contributed by atoms with Crippen molar-refractivity contribution in [3.63, 3.8) is 0 Å². The summed E-state index contributed by atoms with van der Waals surface area (Å²) in [6, 6.07) is 0. The third kappa shape index (κ3) is 26.7. The number of unbranched alkanes of at least 4 members (excludes halogenated alkanes) is 6. The average Bonchev–Trinajstić information content (AvgIpc) is 2.33. The molecule has 0 saturated heterocycles. The van der Waals surface area contributed by atoms with Crippen LogP contribution in [0.5, 0.6) is 0 Å². The van der Waals surface area contributed by atoms with E-state index in [-0.39, 0.29) is 16.0 Å². The van der Waals surface area contributed by atoms with Gasteiger partial charge in [0.15, 0.2) is 0 Å². The Hall–Kier alpha value is 1.21. The molecule has 0 aromatic rings. The fraction of sp³-hybridized carbons (Fsp3) is 0.643. The van der Waals surface area contributed by atoms with Gasteiger partial charge in [-0.15, -0.1) is 0 Å². The first-order valence-corrected chi connectivity index (χ1v) is 14.4. The Morgan fingerprint density at radius 1 is 0.941 bits per heavy atom. The second kappa shape index (κ2) is 22.4. The van der Waals surface area contributed by atoms with E-state index in [9.17, 15) is 0 Å². The molecule has 17 heavy (non-hydrogen) atoms. The number of hydrogen-bond donors (Lipinski definition) is 0. The lowest BCUT2D eigenvalue weighted by Crippen LogP contribution is -1.73. The van der Waals surface area contributed by atoms with E-state index in [1.165, 1.54) is 44.9 Å². The van der Waals surface area contributed by atoms with Crippen LogP contribution >= 0.6 is 25.8 Å². The van der Waals surface area contributed by atoms with Crippen LogP contribution in [0.15, 0.2) is 24.3 Å². The lowest BCUT2D eigenvalue weighted by atomic mass is 10.1. The number of rotatable bonds is 9. The van der Waals surface area contributed by atoms with E-state index in [0.29, 0.717) is 0 Å². The van der Waals surface area contributed by atoms with Crippen molar-refractivity contribution in [2.24, 2.45) is 0 Å². The Balaban J connectivity index is 0. The van der Waals surface area contributed by atoms with Gasteiger partial charge in [-0.2, -0.15) is 0 Å². The molecule has 0 rings (SSSR count). The molecule has 0 amide bonds. The Labute approximate surface area is 130 Å². The summed E-state index contributed by atoms with van der Waals surface area (Å²) in [4.78, 5) is 0. The van der Waals surface area contributed by atoms with Crippen LogP contribution in [0.4, 0.5) is 0 Å². The van der Waals surface area contributed by atoms with Gasteiger partial charge >= 0.3 is 16.0 Å². The lowest BCUT2D eigenvalue weighted by Gasteiger charge is -1.92. The molecule has 0 N–H and O–H groups in total. The van der Waals surface area contributed by atoms with Crippen molar-refractivity contribution in [1.29, 1.82) is 0 Å². The summed E-state index contributed by atoms with van der Waals surface area (Å²) in [5.41, 5.74) is 0. The van der Waals surface area contributed by atoms with Crippen molar-refractivity contribution in [3.05, 3.63) is 31.2 Å². The van der Waals surface area contributed by atoms with Gasteiger partial charge in [-0.1, -0.05) is 70.3 Å². The molecule has 0 nitrogen and oxygen atoms in total. The van der Waals surface area contributed by atoms with Gasteiger partial charge in [0.25, 0.3) is 0 Å². The maximum atomic E-state index is 3.83. The molecule has 0 saturated carbocycles. The molecular weight excluding hydrogens is 352 g/mol. The second-order valence-corrected chi connectivity index (χ2v) is 11.9. The Kier molecular flexibility index (Phi) is 27.0. The minimum atomic E-state index is 0.0417. The van der Waals surface area contributed by atoms with E-state index in [4.69, 9.17) is 0 Å². The molecule has 0 heterocycles. The highest BCUT2D eigenvalue weighted by atomic mass is 79.9. The Morgan fingerprint density at radius 2 is 1.47 bits per heavy atom. The molecule has 0 aliphatic heterocycles. The number of allylic oxidation sites excluding steroid dienone is 4.